The molecule has 0 aliphatic rings. The second-order valence-corrected chi connectivity index (χ2v) is 3.61. The minimum Gasteiger partial charge on any atom is -0.370 e. The number of hydrogen-bond acceptors (Lipinski definition) is 4. The van der Waals surface area contributed by atoms with Gasteiger partial charge in [0, 0.05) is 24.4 Å². The summed E-state index contributed by atoms with van der Waals surface area (Å²) in [5.74, 6) is 1.01. The highest BCUT2D eigenvalue weighted by Gasteiger charge is 2.05. The van der Waals surface area contributed by atoms with E-state index in [1.54, 1.807) is 19.2 Å². The van der Waals surface area contributed by atoms with Crippen LogP contribution in [0.4, 0.5) is 10.2 Å². The molecule has 0 unspecified atom stereocenters. The van der Waals surface area contributed by atoms with Crippen LogP contribution in [0.25, 0.3) is 11.3 Å². The number of halogens is 1. The lowest BCUT2D eigenvalue weighted by atomic mass is 10.2. The molecular formula is C12H13FN4. The van der Waals surface area contributed by atoms with Gasteiger partial charge in [-0.05, 0) is 19.9 Å². The van der Waals surface area contributed by atoms with Crippen LogP contribution in [0.15, 0.2) is 24.5 Å². The zero-order valence-corrected chi connectivity index (χ0v) is 9.74. The molecule has 2 heterocycles. The lowest BCUT2D eigenvalue weighted by Gasteiger charge is -2.06. The zero-order valence-electron chi connectivity index (χ0n) is 9.74. The van der Waals surface area contributed by atoms with Gasteiger partial charge in [0.15, 0.2) is 0 Å². The first-order valence-electron chi connectivity index (χ1n) is 5.39. The summed E-state index contributed by atoms with van der Waals surface area (Å²) < 4.78 is 13.1. The first-order valence-corrected chi connectivity index (χ1v) is 5.39. The second kappa shape index (κ2) is 4.86. The van der Waals surface area contributed by atoms with E-state index in [-0.39, 0.29) is 5.82 Å². The summed E-state index contributed by atoms with van der Waals surface area (Å²) in [7, 11) is 0. The third-order valence-electron chi connectivity index (χ3n) is 2.20. The lowest BCUT2D eigenvalue weighted by molar-refractivity contribution is 0.622. The van der Waals surface area contributed by atoms with Gasteiger partial charge in [0.25, 0.3) is 0 Å². The monoisotopic (exact) mass is 232 g/mol. The Labute approximate surface area is 99.0 Å². The second-order valence-electron chi connectivity index (χ2n) is 3.61. The van der Waals surface area contributed by atoms with Gasteiger partial charge in [0.2, 0.25) is 0 Å². The molecule has 0 amide bonds. The van der Waals surface area contributed by atoms with E-state index >= 15 is 0 Å². The van der Waals surface area contributed by atoms with E-state index in [1.807, 2.05) is 6.92 Å². The SMILES string of the molecule is CCNc1cc(-c2cncc(F)c2)nc(C)n1. The van der Waals surface area contributed by atoms with E-state index in [4.69, 9.17) is 0 Å². The minimum atomic E-state index is -0.372. The first kappa shape index (κ1) is 11.4. The molecule has 2 aromatic heterocycles. The molecule has 1 N–H and O–H groups in total. The van der Waals surface area contributed by atoms with E-state index in [0.717, 1.165) is 12.4 Å². The Morgan fingerprint density at radius 1 is 1.24 bits per heavy atom. The largest absolute Gasteiger partial charge is 0.370 e. The van der Waals surface area contributed by atoms with Gasteiger partial charge in [-0.15, -0.1) is 0 Å². The highest BCUT2D eigenvalue weighted by atomic mass is 19.1. The molecule has 0 saturated heterocycles. The third kappa shape index (κ3) is 2.75. The Hall–Kier alpha value is -2.04. The number of hydrogen-bond donors (Lipinski definition) is 1. The molecule has 0 fully saturated rings. The molecule has 0 aromatic carbocycles. The fourth-order valence-corrected chi connectivity index (χ4v) is 1.54. The lowest BCUT2D eigenvalue weighted by Crippen LogP contribution is -2.02. The van der Waals surface area contributed by atoms with E-state index < -0.39 is 0 Å². The van der Waals surface area contributed by atoms with Crippen LogP contribution in [0.3, 0.4) is 0 Å². The van der Waals surface area contributed by atoms with Crippen LogP contribution in [-0.4, -0.2) is 21.5 Å². The van der Waals surface area contributed by atoms with Crippen molar-refractivity contribution >= 4 is 5.82 Å². The van der Waals surface area contributed by atoms with Crippen LogP contribution in [0.1, 0.15) is 12.7 Å². The number of nitrogens with zero attached hydrogens (tertiary/aromatic N) is 3. The summed E-state index contributed by atoms with van der Waals surface area (Å²) in [6.45, 7) is 4.56. The molecule has 0 spiro atoms. The summed E-state index contributed by atoms with van der Waals surface area (Å²) in [5, 5.41) is 3.11. The van der Waals surface area contributed by atoms with Crippen LogP contribution in [0, 0.1) is 12.7 Å². The maximum atomic E-state index is 13.1. The Kier molecular flexibility index (Phi) is 3.27. The minimum absolute atomic E-state index is 0.372. The zero-order chi connectivity index (χ0) is 12.3. The molecule has 17 heavy (non-hydrogen) atoms. The van der Waals surface area contributed by atoms with E-state index in [9.17, 15) is 4.39 Å². The molecule has 0 bridgehead atoms. The topological polar surface area (TPSA) is 50.7 Å². The number of rotatable bonds is 3. The van der Waals surface area contributed by atoms with Crippen molar-refractivity contribution in [2.75, 3.05) is 11.9 Å². The standard InChI is InChI=1S/C12H13FN4/c1-3-15-12-5-11(16-8(2)17-12)9-4-10(13)7-14-6-9/h4-7H,3H2,1-2H3,(H,15,16,17). The van der Waals surface area contributed by atoms with Crippen molar-refractivity contribution in [1.82, 2.24) is 15.0 Å². The van der Waals surface area contributed by atoms with Crippen molar-refractivity contribution in [3.63, 3.8) is 0 Å². The molecule has 2 aromatic rings. The van der Waals surface area contributed by atoms with Gasteiger partial charge in [-0.1, -0.05) is 0 Å². The van der Waals surface area contributed by atoms with Crippen molar-refractivity contribution in [3.05, 3.63) is 36.2 Å². The first-order chi connectivity index (χ1) is 8.19. The van der Waals surface area contributed by atoms with Crippen LogP contribution >= 0.6 is 0 Å². The molecule has 0 aliphatic carbocycles. The molecule has 0 radical (unpaired) electrons. The third-order valence-corrected chi connectivity index (χ3v) is 2.20. The summed E-state index contributed by atoms with van der Waals surface area (Å²) >= 11 is 0. The molecule has 0 aliphatic heterocycles. The van der Waals surface area contributed by atoms with Crippen molar-refractivity contribution in [1.29, 1.82) is 0 Å². The van der Waals surface area contributed by atoms with Gasteiger partial charge >= 0.3 is 0 Å². The Morgan fingerprint density at radius 2 is 2.06 bits per heavy atom. The highest BCUT2D eigenvalue weighted by molar-refractivity contribution is 5.61. The Bertz CT molecular complexity index is 528. The Morgan fingerprint density at radius 3 is 2.76 bits per heavy atom. The Balaban J connectivity index is 2.44. The van der Waals surface area contributed by atoms with Crippen molar-refractivity contribution in [2.45, 2.75) is 13.8 Å². The number of aryl methyl sites for hydroxylation is 1. The highest BCUT2D eigenvalue weighted by Crippen LogP contribution is 2.19. The molecule has 2 rings (SSSR count). The van der Waals surface area contributed by atoms with Gasteiger partial charge in [-0.25, -0.2) is 14.4 Å². The van der Waals surface area contributed by atoms with Gasteiger partial charge in [-0.2, -0.15) is 0 Å². The summed E-state index contributed by atoms with van der Waals surface area (Å²) in [5.41, 5.74) is 1.31. The normalized spacial score (nSPS) is 10.3. The molecule has 0 atom stereocenters. The molecule has 5 heteroatoms. The van der Waals surface area contributed by atoms with Crippen molar-refractivity contribution in [3.8, 4) is 11.3 Å². The summed E-state index contributed by atoms with van der Waals surface area (Å²) in [6, 6.07) is 3.19. The average molecular weight is 232 g/mol. The van der Waals surface area contributed by atoms with Crippen LogP contribution in [0.5, 0.6) is 0 Å². The van der Waals surface area contributed by atoms with Gasteiger partial charge < -0.3 is 5.32 Å². The van der Waals surface area contributed by atoms with Crippen molar-refractivity contribution in [2.24, 2.45) is 0 Å². The molecular weight excluding hydrogens is 219 g/mol. The number of pyridine rings is 1. The molecule has 88 valence electrons. The van der Waals surface area contributed by atoms with Gasteiger partial charge in [0.1, 0.15) is 17.5 Å². The van der Waals surface area contributed by atoms with Crippen molar-refractivity contribution < 1.29 is 4.39 Å². The van der Waals surface area contributed by atoms with E-state index in [0.29, 0.717) is 17.1 Å². The fourth-order valence-electron chi connectivity index (χ4n) is 1.54. The molecule has 4 nitrogen and oxygen atoms in total. The van der Waals surface area contributed by atoms with Crippen LogP contribution < -0.4 is 5.32 Å². The smallest absolute Gasteiger partial charge is 0.142 e. The number of nitrogens with one attached hydrogen (secondary N) is 1. The summed E-state index contributed by atoms with van der Waals surface area (Å²) in [4.78, 5) is 12.3. The van der Waals surface area contributed by atoms with Gasteiger partial charge in [0.05, 0.1) is 11.9 Å². The fraction of sp³-hybridized carbons (Fsp3) is 0.250. The van der Waals surface area contributed by atoms with Crippen LogP contribution in [-0.2, 0) is 0 Å². The quantitative estimate of drug-likeness (QED) is 0.883. The maximum Gasteiger partial charge on any atom is 0.142 e. The number of aromatic nitrogens is 3. The van der Waals surface area contributed by atoms with E-state index in [1.165, 1.54) is 12.3 Å². The number of anilines is 1. The molecule has 0 saturated carbocycles. The average Bonchev–Trinajstić information content (AvgIpc) is 2.28. The predicted octanol–water partition coefficient (Wildman–Crippen LogP) is 2.42. The maximum absolute atomic E-state index is 13.1. The van der Waals surface area contributed by atoms with Gasteiger partial charge in [-0.3, -0.25) is 4.98 Å². The predicted molar refractivity (Wildman–Crippen MR) is 64.1 cm³/mol. The summed E-state index contributed by atoms with van der Waals surface area (Å²) in [6.07, 6.45) is 2.75. The van der Waals surface area contributed by atoms with Crippen LogP contribution in [0.2, 0.25) is 0 Å². The van der Waals surface area contributed by atoms with E-state index in [2.05, 4.69) is 20.3 Å².